The predicted octanol–water partition coefficient (Wildman–Crippen LogP) is 3.80. The number of ether oxygens (including phenoxy) is 1. The second-order valence-electron chi connectivity index (χ2n) is 4.43. The van der Waals surface area contributed by atoms with Crippen molar-refractivity contribution < 1.29 is 4.74 Å². The van der Waals surface area contributed by atoms with Crippen LogP contribution in [0.25, 0.3) is 0 Å². The van der Waals surface area contributed by atoms with E-state index in [1.807, 2.05) is 0 Å². The van der Waals surface area contributed by atoms with Gasteiger partial charge in [-0.2, -0.15) is 0 Å². The maximum atomic E-state index is 5.77. The van der Waals surface area contributed by atoms with Crippen LogP contribution in [0.1, 0.15) is 25.3 Å². The largest absolute Gasteiger partial charge is 0.490 e. The predicted molar refractivity (Wildman–Crippen MR) is 66.8 cm³/mol. The molecule has 1 fully saturated rings. The van der Waals surface area contributed by atoms with Gasteiger partial charge in [-0.3, -0.25) is 0 Å². The molecule has 1 nitrogen and oxygen atoms in total. The van der Waals surface area contributed by atoms with Gasteiger partial charge in [0.2, 0.25) is 0 Å². The summed E-state index contributed by atoms with van der Waals surface area (Å²) in [7, 11) is 0. The maximum absolute atomic E-state index is 5.77. The van der Waals surface area contributed by atoms with Gasteiger partial charge in [-0.15, -0.1) is 0 Å². The van der Waals surface area contributed by atoms with E-state index >= 15 is 0 Å². The molecule has 0 amide bonds. The molecule has 0 saturated heterocycles. The number of benzene rings is 1. The molecule has 0 N–H and O–H groups in total. The van der Waals surface area contributed by atoms with Gasteiger partial charge >= 0.3 is 0 Å². The molecular weight excluding hydrogens is 252 g/mol. The summed E-state index contributed by atoms with van der Waals surface area (Å²) in [5, 5.41) is 1.06. The standard InChI is InChI=1S/C13H17BrO/c1-10(9-14)7-11-3-2-4-13(8-11)15-12-5-6-12/h2-4,8,10,12H,5-7,9H2,1H3. The zero-order valence-electron chi connectivity index (χ0n) is 9.08. The Morgan fingerprint density at radius 1 is 1.47 bits per heavy atom. The molecule has 1 aliphatic carbocycles. The summed E-state index contributed by atoms with van der Waals surface area (Å²) in [6, 6.07) is 8.50. The third-order valence-electron chi connectivity index (χ3n) is 2.57. The van der Waals surface area contributed by atoms with Crippen molar-refractivity contribution in [3.05, 3.63) is 29.8 Å². The average molecular weight is 269 g/mol. The summed E-state index contributed by atoms with van der Waals surface area (Å²) in [5.74, 6) is 1.72. The Balaban J connectivity index is 1.97. The Labute approximate surface area is 100.0 Å². The second-order valence-corrected chi connectivity index (χ2v) is 5.08. The minimum atomic E-state index is 0.494. The molecule has 0 heterocycles. The van der Waals surface area contributed by atoms with Crippen molar-refractivity contribution in [2.75, 3.05) is 5.33 Å². The highest BCUT2D eigenvalue weighted by molar-refractivity contribution is 9.09. The van der Waals surface area contributed by atoms with Crippen LogP contribution < -0.4 is 4.74 Å². The van der Waals surface area contributed by atoms with E-state index in [1.165, 1.54) is 18.4 Å². The molecule has 0 radical (unpaired) electrons. The minimum Gasteiger partial charge on any atom is -0.490 e. The van der Waals surface area contributed by atoms with Gasteiger partial charge in [-0.25, -0.2) is 0 Å². The van der Waals surface area contributed by atoms with Crippen LogP contribution in [-0.4, -0.2) is 11.4 Å². The van der Waals surface area contributed by atoms with Gasteiger partial charge in [0.05, 0.1) is 6.10 Å². The van der Waals surface area contributed by atoms with Gasteiger partial charge in [0.25, 0.3) is 0 Å². The lowest BCUT2D eigenvalue weighted by Gasteiger charge is -2.09. The molecule has 1 aromatic rings. The van der Waals surface area contributed by atoms with Gasteiger partial charge in [-0.1, -0.05) is 35.0 Å². The highest BCUT2D eigenvalue weighted by Crippen LogP contribution is 2.27. The van der Waals surface area contributed by atoms with E-state index in [0.717, 1.165) is 17.5 Å². The van der Waals surface area contributed by atoms with Gasteiger partial charge in [0, 0.05) is 5.33 Å². The number of hydrogen-bond donors (Lipinski definition) is 0. The number of halogens is 1. The topological polar surface area (TPSA) is 9.23 Å². The fraction of sp³-hybridized carbons (Fsp3) is 0.538. The molecule has 2 rings (SSSR count). The summed E-state index contributed by atoms with van der Waals surface area (Å²) in [6.45, 7) is 2.25. The van der Waals surface area contributed by atoms with E-state index in [0.29, 0.717) is 12.0 Å². The molecule has 0 spiro atoms. The molecule has 0 bridgehead atoms. The van der Waals surface area contributed by atoms with Gasteiger partial charge in [0.15, 0.2) is 0 Å². The average Bonchev–Trinajstić information content (AvgIpc) is 3.02. The lowest BCUT2D eigenvalue weighted by molar-refractivity contribution is 0.303. The van der Waals surface area contributed by atoms with Gasteiger partial charge in [0.1, 0.15) is 5.75 Å². The van der Waals surface area contributed by atoms with Gasteiger partial charge < -0.3 is 4.74 Å². The van der Waals surface area contributed by atoms with E-state index in [9.17, 15) is 0 Å². The van der Waals surface area contributed by atoms with Crippen LogP contribution in [0.15, 0.2) is 24.3 Å². The van der Waals surface area contributed by atoms with Crippen LogP contribution in [-0.2, 0) is 6.42 Å². The van der Waals surface area contributed by atoms with Crippen molar-refractivity contribution in [2.24, 2.45) is 5.92 Å². The molecule has 0 aromatic heterocycles. The summed E-state index contributed by atoms with van der Waals surface area (Å²) < 4.78 is 5.77. The van der Waals surface area contributed by atoms with Crippen molar-refractivity contribution in [1.82, 2.24) is 0 Å². The Morgan fingerprint density at radius 3 is 2.93 bits per heavy atom. The maximum Gasteiger partial charge on any atom is 0.119 e. The molecule has 1 atom stereocenters. The molecular formula is C13H17BrO. The molecule has 0 aliphatic heterocycles. The monoisotopic (exact) mass is 268 g/mol. The Morgan fingerprint density at radius 2 is 2.27 bits per heavy atom. The zero-order valence-corrected chi connectivity index (χ0v) is 10.7. The van der Waals surface area contributed by atoms with E-state index in [2.05, 4.69) is 47.1 Å². The van der Waals surface area contributed by atoms with Crippen molar-refractivity contribution >= 4 is 15.9 Å². The number of alkyl halides is 1. The van der Waals surface area contributed by atoms with Gasteiger partial charge in [-0.05, 0) is 42.9 Å². The molecule has 2 heteroatoms. The van der Waals surface area contributed by atoms with Crippen molar-refractivity contribution in [1.29, 1.82) is 0 Å². The number of hydrogen-bond acceptors (Lipinski definition) is 1. The quantitative estimate of drug-likeness (QED) is 0.739. The number of rotatable bonds is 5. The summed E-state index contributed by atoms with van der Waals surface area (Å²) in [5.41, 5.74) is 1.38. The molecule has 1 aliphatic rings. The van der Waals surface area contributed by atoms with Crippen LogP contribution in [0.4, 0.5) is 0 Å². The first-order valence-electron chi connectivity index (χ1n) is 5.59. The first kappa shape index (κ1) is 11.0. The normalized spacial score (nSPS) is 17.5. The van der Waals surface area contributed by atoms with Crippen LogP contribution >= 0.6 is 15.9 Å². The summed E-state index contributed by atoms with van der Waals surface area (Å²) in [4.78, 5) is 0. The molecule has 1 unspecified atom stereocenters. The third-order valence-corrected chi connectivity index (χ3v) is 3.68. The molecule has 1 saturated carbocycles. The third kappa shape index (κ3) is 3.53. The summed E-state index contributed by atoms with van der Waals surface area (Å²) in [6.07, 6.45) is 4.06. The second kappa shape index (κ2) is 5.02. The van der Waals surface area contributed by atoms with E-state index in [1.54, 1.807) is 0 Å². The van der Waals surface area contributed by atoms with Crippen LogP contribution in [0.3, 0.4) is 0 Å². The fourth-order valence-corrected chi connectivity index (χ4v) is 1.81. The highest BCUT2D eigenvalue weighted by atomic mass is 79.9. The Kier molecular flexibility index (Phi) is 3.68. The lowest BCUT2D eigenvalue weighted by atomic mass is 10.0. The SMILES string of the molecule is CC(CBr)Cc1cccc(OC2CC2)c1. The van der Waals surface area contributed by atoms with Crippen molar-refractivity contribution in [3.63, 3.8) is 0 Å². The van der Waals surface area contributed by atoms with E-state index < -0.39 is 0 Å². The van der Waals surface area contributed by atoms with Crippen molar-refractivity contribution in [3.8, 4) is 5.75 Å². The van der Waals surface area contributed by atoms with E-state index in [-0.39, 0.29) is 0 Å². The van der Waals surface area contributed by atoms with Crippen LogP contribution in [0.2, 0.25) is 0 Å². The Bertz CT molecular complexity index is 320. The van der Waals surface area contributed by atoms with Crippen LogP contribution in [0.5, 0.6) is 5.75 Å². The first-order chi connectivity index (χ1) is 7.28. The fourth-order valence-electron chi connectivity index (χ4n) is 1.58. The Hall–Kier alpha value is -0.500. The first-order valence-corrected chi connectivity index (χ1v) is 6.71. The minimum absolute atomic E-state index is 0.494. The van der Waals surface area contributed by atoms with Crippen molar-refractivity contribution in [2.45, 2.75) is 32.3 Å². The lowest BCUT2D eigenvalue weighted by Crippen LogP contribution is -2.01. The highest BCUT2D eigenvalue weighted by Gasteiger charge is 2.23. The van der Waals surface area contributed by atoms with Crippen LogP contribution in [0, 0.1) is 5.92 Å². The zero-order chi connectivity index (χ0) is 10.7. The van der Waals surface area contributed by atoms with E-state index in [4.69, 9.17) is 4.74 Å². The smallest absolute Gasteiger partial charge is 0.119 e. The molecule has 82 valence electrons. The summed E-state index contributed by atoms with van der Waals surface area (Å²) >= 11 is 3.51. The molecule has 1 aromatic carbocycles. The molecule has 15 heavy (non-hydrogen) atoms.